The van der Waals surface area contributed by atoms with E-state index in [1.165, 1.54) is 6.42 Å². The van der Waals surface area contributed by atoms with Crippen molar-refractivity contribution < 1.29 is 9.53 Å². The molecule has 1 spiro atoms. The summed E-state index contributed by atoms with van der Waals surface area (Å²) >= 11 is 0. The van der Waals surface area contributed by atoms with Crippen LogP contribution in [0.3, 0.4) is 0 Å². The number of rotatable bonds is 4. The van der Waals surface area contributed by atoms with E-state index >= 15 is 0 Å². The number of carbonyl (C=O) groups is 1. The SMILES string of the molecule is CC(C)CCN1CCC2(CC1)OC(C(N)=O)Cn1ccnc12. The number of primary amides is 1. The van der Waals surface area contributed by atoms with Gasteiger partial charge < -0.3 is 19.9 Å². The van der Waals surface area contributed by atoms with E-state index in [-0.39, 0.29) is 5.91 Å². The zero-order chi connectivity index (χ0) is 15.7. The fraction of sp³-hybridized carbons (Fsp3) is 0.750. The average Bonchev–Trinajstić information content (AvgIpc) is 2.96. The summed E-state index contributed by atoms with van der Waals surface area (Å²) in [6.07, 6.45) is 6.10. The molecule has 1 unspecified atom stereocenters. The highest BCUT2D eigenvalue weighted by molar-refractivity contribution is 5.79. The van der Waals surface area contributed by atoms with Crippen LogP contribution in [0.2, 0.25) is 0 Å². The Morgan fingerprint density at radius 3 is 2.86 bits per heavy atom. The fourth-order valence-corrected chi connectivity index (χ4v) is 3.46. The summed E-state index contributed by atoms with van der Waals surface area (Å²) in [5, 5.41) is 0. The first kappa shape index (κ1) is 15.5. The summed E-state index contributed by atoms with van der Waals surface area (Å²) in [7, 11) is 0. The van der Waals surface area contributed by atoms with Gasteiger partial charge in [-0.2, -0.15) is 0 Å². The molecule has 6 nitrogen and oxygen atoms in total. The molecular formula is C16H26N4O2. The molecule has 1 aromatic rings. The maximum atomic E-state index is 11.6. The van der Waals surface area contributed by atoms with Crippen molar-refractivity contribution in [1.82, 2.24) is 14.5 Å². The molecule has 122 valence electrons. The van der Waals surface area contributed by atoms with Crippen LogP contribution in [0.4, 0.5) is 0 Å². The first-order chi connectivity index (χ1) is 10.5. The number of nitrogens with zero attached hydrogens (tertiary/aromatic N) is 3. The molecule has 2 aliphatic rings. The largest absolute Gasteiger partial charge is 0.367 e. The van der Waals surface area contributed by atoms with Crippen molar-refractivity contribution >= 4 is 5.91 Å². The Morgan fingerprint density at radius 1 is 1.50 bits per heavy atom. The number of fused-ring (bicyclic) bond motifs is 2. The lowest BCUT2D eigenvalue weighted by molar-refractivity contribution is -0.171. The van der Waals surface area contributed by atoms with Crippen LogP contribution in [0.25, 0.3) is 0 Å². The van der Waals surface area contributed by atoms with Crippen LogP contribution in [0.5, 0.6) is 0 Å². The van der Waals surface area contributed by atoms with E-state index in [0.717, 1.165) is 44.2 Å². The fourth-order valence-electron chi connectivity index (χ4n) is 3.46. The van der Waals surface area contributed by atoms with E-state index in [1.807, 2.05) is 10.8 Å². The molecule has 0 saturated carbocycles. The van der Waals surface area contributed by atoms with Crippen LogP contribution in [0.1, 0.15) is 38.9 Å². The molecular weight excluding hydrogens is 280 g/mol. The topological polar surface area (TPSA) is 73.4 Å². The van der Waals surface area contributed by atoms with Crippen LogP contribution >= 0.6 is 0 Å². The zero-order valence-electron chi connectivity index (χ0n) is 13.5. The van der Waals surface area contributed by atoms with E-state index < -0.39 is 11.7 Å². The summed E-state index contributed by atoms with van der Waals surface area (Å²) in [5.74, 6) is 1.29. The molecule has 0 bridgehead atoms. The number of likely N-dealkylation sites (tertiary alicyclic amines) is 1. The summed E-state index contributed by atoms with van der Waals surface area (Å²) in [6.45, 7) is 8.06. The number of hydrogen-bond donors (Lipinski definition) is 1. The number of hydrogen-bond acceptors (Lipinski definition) is 4. The second-order valence-electron chi connectivity index (χ2n) is 6.93. The van der Waals surface area contributed by atoms with Gasteiger partial charge in [0.2, 0.25) is 5.91 Å². The van der Waals surface area contributed by atoms with E-state index in [9.17, 15) is 4.79 Å². The highest BCUT2D eigenvalue weighted by Crippen LogP contribution is 2.40. The maximum absolute atomic E-state index is 11.6. The van der Waals surface area contributed by atoms with Crippen LogP contribution < -0.4 is 5.73 Å². The smallest absolute Gasteiger partial charge is 0.248 e. The molecule has 1 saturated heterocycles. The number of aromatic nitrogens is 2. The predicted octanol–water partition coefficient (Wildman–Crippen LogP) is 1.10. The van der Waals surface area contributed by atoms with Gasteiger partial charge in [0.15, 0.2) is 6.10 Å². The van der Waals surface area contributed by atoms with Gasteiger partial charge in [-0.3, -0.25) is 4.79 Å². The van der Waals surface area contributed by atoms with Crippen LogP contribution in [-0.2, 0) is 21.7 Å². The number of amides is 1. The molecule has 1 fully saturated rings. The van der Waals surface area contributed by atoms with Crippen molar-refractivity contribution in [2.45, 2.75) is 51.4 Å². The van der Waals surface area contributed by atoms with Crippen molar-refractivity contribution in [3.05, 3.63) is 18.2 Å². The molecule has 2 N–H and O–H groups in total. The van der Waals surface area contributed by atoms with Gasteiger partial charge >= 0.3 is 0 Å². The molecule has 3 heterocycles. The number of carbonyl (C=O) groups excluding carboxylic acids is 1. The highest BCUT2D eigenvalue weighted by Gasteiger charge is 2.46. The number of imidazole rings is 1. The first-order valence-electron chi connectivity index (χ1n) is 8.21. The lowest BCUT2D eigenvalue weighted by Gasteiger charge is -2.45. The van der Waals surface area contributed by atoms with Crippen molar-refractivity contribution in [2.75, 3.05) is 19.6 Å². The van der Waals surface area contributed by atoms with E-state index in [2.05, 4.69) is 23.7 Å². The van der Waals surface area contributed by atoms with Crippen molar-refractivity contribution in [3.63, 3.8) is 0 Å². The Kier molecular flexibility index (Phi) is 4.23. The Balaban J connectivity index is 1.73. The lowest BCUT2D eigenvalue weighted by atomic mass is 9.88. The Morgan fingerprint density at radius 2 is 2.23 bits per heavy atom. The summed E-state index contributed by atoms with van der Waals surface area (Å²) in [6, 6.07) is 0. The second-order valence-corrected chi connectivity index (χ2v) is 6.93. The van der Waals surface area contributed by atoms with Gasteiger partial charge in [0.05, 0.1) is 6.54 Å². The van der Waals surface area contributed by atoms with Gasteiger partial charge in [0, 0.05) is 25.5 Å². The molecule has 1 aromatic heterocycles. The third kappa shape index (κ3) is 2.90. The van der Waals surface area contributed by atoms with Gasteiger partial charge in [-0.15, -0.1) is 0 Å². The van der Waals surface area contributed by atoms with E-state index in [1.54, 1.807) is 6.20 Å². The Bertz CT molecular complexity index is 532. The van der Waals surface area contributed by atoms with Crippen molar-refractivity contribution in [1.29, 1.82) is 0 Å². The molecule has 1 amide bonds. The molecule has 0 aromatic carbocycles. The minimum Gasteiger partial charge on any atom is -0.367 e. The molecule has 0 aliphatic carbocycles. The van der Waals surface area contributed by atoms with Gasteiger partial charge in [0.25, 0.3) is 0 Å². The number of ether oxygens (including phenoxy) is 1. The minimum atomic E-state index is -0.552. The molecule has 22 heavy (non-hydrogen) atoms. The summed E-state index contributed by atoms with van der Waals surface area (Å²) in [5.41, 5.74) is 5.03. The summed E-state index contributed by atoms with van der Waals surface area (Å²) in [4.78, 5) is 18.6. The number of nitrogens with two attached hydrogens (primary N) is 1. The third-order valence-corrected chi connectivity index (χ3v) is 4.86. The van der Waals surface area contributed by atoms with Gasteiger partial charge in [-0.25, -0.2) is 4.98 Å². The summed E-state index contributed by atoms with van der Waals surface area (Å²) < 4.78 is 8.18. The third-order valence-electron chi connectivity index (χ3n) is 4.86. The number of piperidine rings is 1. The molecule has 2 aliphatic heterocycles. The standard InChI is InChI=1S/C16H26N4O2/c1-12(2)3-7-19-8-4-16(5-9-19)15-18-6-10-20(15)11-13(22-16)14(17)21/h6,10,12-13H,3-5,7-9,11H2,1-2H3,(H2,17,21). The van der Waals surface area contributed by atoms with Gasteiger partial charge in [-0.05, 0) is 31.7 Å². The minimum absolute atomic E-state index is 0.388. The van der Waals surface area contributed by atoms with E-state index in [0.29, 0.717) is 6.54 Å². The highest BCUT2D eigenvalue weighted by atomic mass is 16.5. The van der Waals surface area contributed by atoms with Crippen LogP contribution in [0.15, 0.2) is 12.4 Å². The monoisotopic (exact) mass is 306 g/mol. The lowest BCUT2D eigenvalue weighted by Crippen LogP contribution is -2.53. The Hall–Kier alpha value is -1.40. The molecule has 6 heteroatoms. The van der Waals surface area contributed by atoms with E-state index in [4.69, 9.17) is 10.5 Å². The average molecular weight is 306 g/mol. The normalized spacial score (nSPS) is 24.6. The van der Waals surface area contributed by atoms with Gasteiger partial charge in [0.1, 0.15) is 11.4 Å². The quantitative estimate of drug-likeness (QED) is 0.904. The molecule has 3 rings (SSSR count). The molecule has 0 radical (unpaired) electrons. The second kappa shape index (κ2) is 6.01. The first-order valence-corrected chi connectivity index (χ1v) is 8.21. The molecule has 1 atom stereocenters. The predicted molar refractivity (Wildman–Crippen MR) is 83.1 cm³/mol. The van der Waals surface area contributed by atoms with Crippen molar-refractivity contribution in [3.8, 4) is 0 Å². The van der Waals surface area contributed by atoms with Crippen LogP contribution in [-0.4, -0.2) is 46.1 Å². The maximum Gasteiger partial charge on any atom is 0.248 e. The van der Waals surface area contributed by atoms with Crippen molar-refractivity contribution in [2.24, 2.45) is 11.7 Å². The van der Waals surface area contributed by atoms with Crippen LogP contribution in [0, 0.1) is 5.92 Å². The zero-order valence-corrected chi connectivity index (χ0v) is 13.5. The Labute approximate surface area is 131 Å². The van der Waals surface area contributed by atoms with Gasteiger partial charge in [-0.1, -0.05) is 13.8 Å².